The lowest BCUT2D eigenvalue weighted by molar-refractivity contribution is -0.142. The zero-order valence-corrected chi connectivity index (χ0v) is 24.3. The molecule has 0 radical (unpaired) electrons. The molecule has 41 heavy (non-hydrogen) atoms. The molecule has 0 spiro atoms. The van der Waals surface area contributed by atoms with Gasteiger partial charge >= 0.3 is 5.97 Å². The standard InChI is InChI=1S/C33H39FN2O4S/c34-31-22-26(13-14-30(31)28-10-3-1-4-11-28)23-33(38)40-19-20-41-25-32(37)35-15-8-18-39-29-12-7-9-27(21-29)24-36-16-5-2-6-17-36/h1,3-4,7,9-14,21-22H,2,5-6,8,15-20,23-25H2,(H,35,37). The second-order valence-electron chi connectivity index (χ2n) is 10.2. The van der Waals surface area contributed by atoms with Gasteiger partial charge in [-0.15, -0.1) is 11.8 Å². The lowest BCUT2D eigenvalue weighted by atomic mass is 10.0. The van der Waals surface area contributed by atoms with Gasteiger partial charge in [-0.1, -0.05) is 61.0 Å². The quantitative estimate of drug-likeness (QED) is 0.179. The van der Waals surface area contributed by atoms with Gasteiger partial charge in [0.15, 0.2) is 0 Å². The number of amides is 1. The number of nitrogens with zero attached hydrogens (tertiary/aromatic N) is 1. The number of rotatable bonds is 15. The lowest BCUT2D eigenvalue weighted by Crippen LogP contribution is -2.29. The molecule has 1 heterocycles. The van der Waals surface area contributed by atoms with E-state index in [1.165, 1.54) is 55.7 Å². The van der Waals surface area contributed by atoms with Crippen LogP contribution in [0.25, 0.3) is 11.1 Å². The van der Waals surface area contributed by atoms with Crippen molar-refractivity contribution in [2.24, 2.45) is 0 Å². The average molecular weight is 579 g/mol. The molecule has 1 aliphatic heterocycles. The van der Waals surface area contributed by atoms with E-state index in [1.54, 1.807) is 12.1 Å². The van der Waals surface area contributed by atoms with Crippen LogP contribution in [0.2, 0.25) is 0 Å². The van der Waals surface area contributed by atoms with E-state index >= 15 is 0 Å². The summed E-state index contributed by atoms with van der Waals surface area (Å²) in [5.41, 5.74) is 3.12. The highest BCUT2D eigenvalue weighted by atomic mass is 32.2. The van der Waals surface area contributed by atoms with E-state index in [2.05, 4.69) is 22.3 Å². The fourth-order valence-electron chi connectivity index (χ4n) is 4.77. The summed E-state index contributed by atoms with van der Waals surface area (Å²) in [5.74, 6) is 0.829. The molecule has 8 heteroatoms. The van der Waals surface area contributed by atoms with Crippen LogP contribution in [0.3, 0.4) is 0 Å². The number of nitrogens with one attached hydrogen (secondary N) is 1. The minimum absolute atomic E-state index is 0.00194. The molecule has 1 saturated heterocycles. The molecule has 0 aromatic heterocycles. The molecule has 3 aromatic carbocycles. The molecule has 0 aliphatic carbocycles. The van der Waals surface area contributed by atoms with Crippen molar-refractivity contribution >= 4 is 23.6 Å². The number of thioether (sulfide) groups is 1. The van der Waals surface area contributed by atoms with E-state index < -0.39 is 5.97 Å². The highest BCUT2D eigenvalue weighted by Crippen LogP contribution is 2.23. The lowest BCUT2D eigenvalue weighted by Gasteiger charge is -2.26. The van der Waals surface area contributed by atoms with Gasteiger partial charge in [-0.25, -0.2) is 4.39 Å². The summed E-state index contributed by atoms with van der Waals surface area (Å²) < 4.78 is 25.6. The molecule has 0 atom stereocenters. The first-order valence-electron chi connectivity index (χ1n) is 14.3. The molecular weight excluding hydrogens is 539 g/mol. The van der Waals surface area contributed by atoms with E-state index in [-0.39, 0.29) is 24.8 Å². The highest BCUT2D eigenvalue weighted by Gasteiger charge is 2.12. The average Bonchev–Trinajstić information content (AvgIpc) is 2.98. The third-order valence-electron chi connectivity index (χ3n) is 6.86. The fourth-order valence-corrected chi connectivity index (χ4v) is 5.40. The number of esters is 1. The minimum atomic E-state index is -0.418. The van der Waals surface area contributed by atoms with Crippen molar-refractivity contribution < 1.29 is 23.5 Å². The van der Waals surface area contributed by atoms with Crippen LogP contribution in [0.15, 0.2) is 72.8 Å². The number of hydrogen-bond donors (Lipinski definition) is 1. The summed E-state index contributed by atoms with van der Waals surface area (Å²) in [6, 6.07) is 22.3. The summed E-state index contributed by atoms with van der Waals surface area (Å²) >= 11 is 1.40. The fraction of sp³-hybridized carbons (Fsp3) is 0.394. The molecule has 3 aromatic rings. The molecule has 0 bridgehead atoms. The third-order valence-corrected chi connectivity index (χ3v) is 7.78. The Morgan fingerprint density at radius 3 is 2.54 bits per heavy atom. The van der Waals surface area contributed by atoms with Gasteiger partial charge in [-0.05, 0) is 67.2 Å². The van der Waals surface area contributed by atoms with Crippen LogP contribution in [0, 0.1) is 5.82 Å². The topological polar surface area (TPSA) is 67.9 Å². The second-order valence-corrected chi connectivity index (χ2v) is 11.3. The van der Waals surface area contributed by atoms with Crippen molar-refractivity contribution in [2.45, 2.75) is 38.6 Å². The summed E-state index contributed by atoms with van der Waals surface area (Å²) in [5, 5.41) is 2.90. The molecule has 4 rings (SSSR count). The number of carbonyl (C=O) groups is 2. The molecule has 0 unspecified atom stereocenters. The summed E-state index contributed by atoms with van der Waals surface area (Å²) in [7, 11) is 0. The first-order valence-corrected chi connectivity index (χ1v) is 15.5. The number of hydrogen-bond acceptors (Lipinski definition) is 6. The maximum atomic E-state index is 14.5. The number of piperidine rings is 1. The Kier molecular flexibility index (Phi) is 12.5. The van der Waals surface area contributed by atoms with Gasteiger partial charge < -0.3 is 14.8 Å². The Morgan fingerprint density at radius 1 is 0.902 bits per heavy atom. The molecule has 6 nitrogen and oxygen atoms in total. The van der Waals surface area contributed by atoms with Crippen molar-refractivity contribution in [1.82, 2.24) is 10.2 Å². The van der Waals surface area contributed by atoms with Crippen LogP contribution in [0.1, 0.15) is 36.8 Å². The van der Waals surface area contributed by atoms with Crippen LogP contribution in [-0.4, -0.2) is 61.1 Å². The number of ether oxygens (including phenoxy) is 2. The maximum Gasteiger partial charge on any atom is 0.310 e. The van der Waals surface area contributed by atoms with Gasteiger partial charge in [-0.2, -0.15) is 0 Å². The van der Waals surface area contributed by atoms with Gasteiger partial charge in [0.05, 0.1) is 18.8 Å². The molecule has 218 valence electrons. The van der Waals surface area contributed by atoms with Gasteiger partial charge in [0.1, 0.15) is 18.2 Å². The number of likely N-dealkylation sites (tertiary alicyclic amines) is 1. The van der Waals surface area contributed by atoms with Crippen molar-refractivity contribution in [2.75, 3.05) is 44.4 Å². The molecule has 1 N–H and O–H groups in total. The van der Waals surface area contributed by atoms with Crippen LogP contribution in [-0.2, 0) is 27.3 Å². The first-order chi connectivity index (χ1) is 20.1. The van der Waals surface area contributed by atoms with E-state index in [9.17, 15) is 14.0 Å². The van der Waals surface area contributed by atoms with Crippen molar-refractivity contribution in [3.05, 3.63) is 89.7 Å². The molecule has 1 fully saturated rings. The Labute approximate surface area is 246 Å². The van der Waals surface area contributed by atoms with Gasteiger partial charge in [0.25, 0.3) is 0 Å². The Balaban J connectivity index is 1.02. The highest BCUT2D eigenvalue weighted by molar-refractivity contribution is 7.99. The summed E-state index contributed by atoms with van der Waals surface area (Å²) in [4.78, 5) is 26.7. The first kappa shape index (κ1) is 30.6. The Hall–Kier alpha value is -3.36. The normalized spacial score (nSPS) is 13.5. The van der Waals surface area contributed by atoms with Gasteiger partial charge in [-0.3, -0.25) is 14.5 Å². The Bertz CT molecular complexity index is 1250. The molecule has 0 saturated carbocycles. The largest absolute Gasteiger partial charge is 0.494 e. The van der Waals surface area contributed by atoms with Crippen molar-refractivity contribution in [3.63, 3.8) is 0 Å². The number of carbonyl (C=O) groups excluding carboxylic acids is 2. The monoisotopic (exact) mass is 578 g/mol. The van der Waals surface area contributed by atoms with Crippen LogP contribution >= 0.6 is 11.8 Å². The predicted octanol–water partition coefficient (Wildman–Crippen LogP) is 5.88. The molecule has 1 amide bonds. The Morgan fingerprint density at radius 2 is 1.73 bits per heavy atom. The van der Waals surface area contributed by atoms with Crippen LogP contribution in [0.4, 0.5) is 4.39 Å². The number of benzene rings is 3. The predicted molar refractivity (Wildman–Crippen MR) is 163 cm³/mol. The van der Waals surface area contributed by atoms with Gasteiger partial charge in [0.2, 0.25) is 5.91 Å². The molecular formula is C33H39FN2O4S. The third kappa shape index (κ3) is 10.9. The van der Waals surface area contributed by atoms with Gasteiger partial charge in [0, 0.05) is 24.4 Å². The smallest absolute Gasteiger partial charge is 0.310 e. The van der Waals surface area contributed by atoms with Crippen molar-refractivity contribution in [3.8, 4) is 16.9 Å². The van der Waals surface area contributed by atoms with Crippen LogP contribution < -0.4 is 10.1 Å². The minimum Gasteiger partial charge on any atom is -0.494 e. The van der Waals surface area contributed by atoms with E-state index in [0.29, 0.717) is 35.8 Å². The number of halogens is 1. The second kappa shape index (κ2) is 16.8. The van der Waals surface area contributed by atoms with E-state index in [1.807, 2.05) is 42.5 Å². The van der Waals surface area contributed by atoms with Crippen molar-refractivity contribution in [1.29, 1.82) is 0 Å². The van der Waals surface area contributed by atoms with E-state index in [0.717, 1.165) is 24.3 Å². The van der Waals surface area contributed by atoms with E-state index in [4.69, 9.17) is 9.47 Å². The summed E-state index contributed by atoms with van der Waals surface area (Å²) in [6.45, 7) is 4.58. The zero-order valence-electron chi connectivity index (χ0n) is 23.5. The maximum absolute atomic E-state index is 14.5. The SMILES string of the molecule is O=C(CSCCOC(=O)Cc1ccc(-c2ccccc2)c(F)c1)NCCCOc1cccc(CN2CCCCC2)c1. The zero-order chi connectivity index (χ0) is 28.7. The van der Waals surface area contributed by atoms with Crippen LogP contribution in [0.5, 0.6) is 5.75 Å². The molecule has 1 aliphatic rings. The summed E-state index contributed by atoms with van der Waals surface area (Å²) in [6.07, 6.45) is 4.62.